The molecule has 0 radical (unpaired) electrons. The number of nitrogens with two attached hydrogens (primary N) is 1. The van der Waals surface area contributed by atoms with Gasteiger partial charge in [-0.1, -0.05) is 0 Å². The highest BCUT2D eigenvalue weighted by atomic mass is 19.4. The highest BCUT2D eigenvalue weighted by Gasteiger charge is 2.27. The van der Waals surface area contributed by atoms with Crippen LogP contribution in [-0.4, -0.2) is 64.2 Å². The Kier molecular flexibility index (Phi) is 10.3. The summed E-state index contributed by atoms with van der Waals surface area (Å²) in [7, 11) is 1.62. The van der Waals surface area contributed by atoms with Gasteiger partial charge in [0.1, 0.15) is 6.61 Å². The Morgan fingerprint density at radius 1 is 1.06 bits per heavy atom. The van der Waals surface area contributed by atoms with Crippen molar-refractivity contribution in [3.8, 4) is 0 Å². The molecule has 0 atom stereocenters. The highest BCUT2D eigenvalue weighted by Crippen LogP contribution is 2.14. The van der Waals surface area contributed by atoms with Gasteiger partial charge in [-0.3, -0.25) is 0 Å². The van der Waals surface area contributed by atoms with Crippen molar-refractivity contribution in [1.82, 2.24) is 4.90 Å². The number of rotatable bonds is 11. The van der Waals surface area contributed by atoms with Crippen molar-refractivity contribution < 1.29 is 22.6 Å². The second-order valence-electron chi connectivity index (χ2n) is 4.00. The number of hydrogen-bond acceptors (Lipinski definition) is 4. The van der Waals surface area contributed by atoms with E-state index in [1.165, 1.54) is 0 Å². The monoisotopic (exact) mass is 272 g/mol. The van der Waals surface area contributed by atoms with E-state index in [1.807, 2.05) is 0 Å². The van der Waals surface area contributed by atoms with Crippen molar-refractivity contribution in [3.63, 3.8) is 0 Å². The molecule has 0 aromatic heterocycles. The molecular weight excluding hydrogens is 249 g/mol. The predicted octanol–water partition coefficient (Wildman–Crippen LogP) is 1.25. The number of nitrogens with zero attached hydrogens (tertiary/aromatic N) is 1. The molecule has 0 aromatic rings. The molecule has 0 bridgehead atoms. The van der Waals surface area contributed by atoms with Crippen LogP contribution in [0.15, 0.2) is 0 Å². The first kappa shape index (κ1) is 17.6. The number of methoxy groups -OCH3 is 1. The number of halogens is 3. The van der Waals surface area contributed by atoms with Crippen LogP contribution in [0, 0.1) is 0 Å². The molecule has 0 rings (SSSR count). The lowest BCUT2D eigenvalue weighted by atomic mass is 10.3. The average Bonchev–Trinajstić information content (AvgIpc) is 2.29. The molecule has 0 spiro atoms. The molecule has 18 heavy (non-hydrogen) atoms. The standard InChI is InChI=1S/C11H23F3N2O2/c1-17-9-7-16(5-2-4-15)6-3-8-18-10-11(12,13)14/h2-10,15H2,1H3. The van der Waals surface area contributed by atoms with Gasteiger partial charge in [0.05, 0.1) is 6.61 Å². The number of alkyl halides is 3. The number of hydrogen-bond donors (Lipinski definition) is 1. The van der Waals surface area contributed by atoms with E-state index in [1.54, 1.807) is 7.11 Å². The van der Waals surface area contributed by atoms with Crippen LogP contribution in [0.3, 0.4) is 0 Å². The maximum atomic E-state index is 11.8. The molecule has 0 aromatic carbocycles. The fraction of sp³-hybridized carbons (Fsp3) is 1.00. The zero-order valence-corrected chi connectivity index (χ0v) is 10.8. The third-order valence-corrected chi connectivity index (χ3v) is 2.32. The molecule has 0 heterocycles. The Morgan fingerprint density at radius 2 is 1.72 bits per heavy atom. The fourth-order valence-electron chi connectivity index (χ4n) is 1.45. The zero-order valence-electron chi connectivity index (χ0n) is 10.8. The molecule has 0 amide bonds. The Bertz CT molecular complexity index is 184. The summed E-state index contributed by atoms with van der Waals surface area (Å²) in [5.74, 6) is 0. The van der Waals surface area contributed by atoms with Crippen LogP contribution in [0.1, 0.15) is 12.8 Å². The Labute approximate surface area is 106 Å². The van der Waals surface area contributed by atoms with E-state index >= 15 is 0 Å². The first-order chi connectivity index (χ1) is 8.49. The van der Waals surface area contributed by atoms with Crippen LogP contribution in [0.25, 0.3) is 0 Å². The Hall–Kier alpha value is -0.370. The zero-order chi connectivity index (χ0) is 13.9. The first-order valence-corrected chi connectivity index (χ1v) is 6.05. The summed E-state index contributed by atoms with van der Waals surface area (Å²) in [5, 5.41) is 0. The van der Waals surface area contributed by atoms with E-state index in [-0.39, 0.29) is 6.61 Å². The van der Waals surface area contributed by atoms with Crippen LogP contribution in [0.5, 0.6) is 0 Å². The molecule has 4 nitrogen and oxygen atoms in total. The second kappa shape index (κ2) is 10.5. The van der Waals surface area contributed by atoms with Crippen molar-refractivity contribution in [2.75, 3.05) is 53.1 Å². The van der Waals surface area contributed by atoms with E-state index in [0.717, 1.165) is 19.5 Å². The fourth-order valence-corrected chi connectivity index (χ4v) is 1.45. The maximum Gasteiger partial charge on any atom is 0.411 e. The minimum Gasteiger partial charge on any atom is -0.383 e. The van der Waals surface area contributed by atoms with Gasteiger partial charge in [-0.15, -0.1) is 0 Å². The molecule has 0 aliphatic heterocycles. The van der Waals surface area contributed by atoms with Crippen molar-refractivity contribution in [2.45, 2.75) is 19.0 Å². The Morgan fingerprint density at radius 3 is 2.28 bits per heavy atom. The lowest BCUT2D eigenvalue weighted by Gasteiger charge is -2.21. The Balaban J connectivity index is 3.61. The summed E-state index contributed by atoms with van der Waals surface area (Å²) in [5.41, 5.74) is 5.42. The van der Waals surface area contributed by atoms with Crippen molar-refractivity contribution in [3.05, 3.63) is 0 Å². The molecule has 0 aliphatic carbocycles. The third-order valence-electron chi connectivity index (χ3n) is 2.32. The second-order valence-corrected chi connectivity index (χ2v) is 4.00. The molecular formula is C11H23F3N2O2. The van der Waals surface area contributed by atoms with E-state index in [2.05, 4.69) is 9.64 Å². The minimum absolute atomic E-state index is 0.117. The van der Waals surface area contributed by atoms with Gasteiger partial charge in [0.15, 0.2) is 0 Å². The van der Waals surface area contributed by atoms with Crippen molar-refractivity contribution in [2.24, 2.45) is 5.73 Å². The summed E-state index contributed by atoms with van der Waals surface area (Å²) >= 11 is 0. The van der Waals surface area contributed by atoms with Crippen LogP contribution in [0.4, 0.5) is 13.2 Å². The normalized spacial score (nSPS) is 12.3. The van der Waals surface area contributed by atoms with E-state index in [9.17, 15) is 13.2 Å². The smallest absolute Gasteiger partial charge is 0.383 e. The van der Waals surface area contributed by atoms with Crippen molar-refractivity contribution in [1.29, 1.82) is 0 Å². The van der Waals surface area contributed by atoms with Gasteiger partial charge in [0.25, 0.3) is 0 Å². The lowest BCUT2D eigenvalue weighted by Crippen LogP contribution is -2.31. The summed E-state index contributed by atoms with van der Waals surface area (Å²) in [6.45, 7) is 2.44. The summed E-state index contributed by atoms with van der Waals surface area (Å²) in [4.78, 5) is 2.12. The SMILES string of the molecule is COCCN(CCCN)CCCOCC(F)(F)F. The first-order valence-electron chi connectivity index (χ1n) is 6.05. The van der Waals surface area contributed by atoms with Gasteiger partial charge in [-0.2, -0.15) is 13.2 Å². The van der Waals surface area contributed by atoms with Crippen LogP contribution < -0.4 is 5.73 Å². The summed E-state index contributed by atoms with van der Waals surface area (Å²) in [6, 6.07) is 0. The van der Waals surface area contributed by atoms with Crippen LogP contribution >= 0.6 is 0 Å². The van der Waals surface area contributed by atoms with Gasteiger partial charge in [0.2, 0.25) is 0 Å². The van der Waals surface area contributed by atoms with Gasteiger partial charge < -0.3 is 20.1 Å². The molecule has 0 fully saturated rings. The van der Waals surface area contributed by atoms with Crippen LogP contribution in [-0.2, 0) is 9.47 Å². The van der Waals surface area contributed by atoms with E-state index < -0.39 is 12.8 Å². The lowest BCUT2D eigenvalue weighted by molar-refractivity contribution is -0.174. The molecule has 0 aliphatic rings. The third kappa shape index (κ3) is 12.1. The molecule has 2 N–H and O–H groups in total. The van der Waals surface area contributed by atoms with E-state index in [4.69, 9.17) is 10.5 Å². The number of ether oxygens (including phenoxy) is 2. The molecule has 0 unspecified atom stereocenters. The molecule has 110 valence electrons. The maximum absolute atomic E-state index is 11.8. The molecule has 0 saturated carbocycles. The average molecular weight is 272 g/mol. The van der Waals surface area contributed by atoms with Crippen molar-refractivity contribution >= 4 is 0 Å². The summed E-state index contributed by atoms with van der Waals surface area (Å²) < 4.78 is 44.9. The van der Waals surface area contributed by atoms with E-state index in [0.29, 0.717) is 26.1 Å². The summed E-state index contributed by atoms with van der Waals surface area (Å²) in [6.07, 6.45) is -2.80. The van der Waals surface area contributed by atoms with Gasteiger partial charge in [-0.25, -0.2) is 0 Å². The topological polar surface area (TPSA) is 47.7 Å². The van der Waals surface area contributed by atoms with Gasteiger partial charge >= 0.3 is 6.18 Å². The highest BCUT2D eigenvalue weighted by molar-refractivity contribution is 4.58. The van der Waals surface area contributed by atoms with Gasteiger partial charge in [-0.05, 0) is 25.9 Å². The predicted molar refractivity (Wildman–Crippen MR) is 63.5 cm³/mol. The molecule has 7 heteroatoms. The quantitative estimate of drug-likeness (QED) is 0.575. The van der Waals surface area contributed by atoms with Gasteiger partial charge in [0, 0.05) is 26.8 Å². The largest absolute Gasteiger partial charge is 0.411 e. The minimum atomic E-state index is -4.24. The van der Waals surface area contributed by atoms with Crippen LogP contribution in [0.2, 0.25) is 0 Å². The molecule has 0 saturated heterocycles.